The number of nitrogens with two attached hydrogens (primary N) is 1. The molecule has 104 valence electrons. The molecule has 0 atom stereocenters. The summed E-state index contributed by atoms with van der Waals surface area (Å²) in [6.45, 7) is 3.95. The molecule has 0 unspecified atom stereocenters. The van der Waals surface area contributed by atoms with Gasteiger partial charge < -0.3 is 15.2 Å². The number of nitrogens with one attached hydrogen (secondary N) is 1. The number of amides is 1. The van der Waals surface area contributed by atoms with E-state index in [0.717, 1.165) is 0 Å². The molecule has 0 saturated carbocycles. The van der Waals surface area contributed by atoms with Crippen LogP contribution in [-0.4, -0.2) is 35.0 Å². The molecule has 1 heterocycles. The van der Waals surface area contributed by atoms with Gasteiger partial charge in [0.2, 0.25) is 0 Å². The summed E-state index contributed by atoms with van der Waals surface area (Å²) in [7, 11) is 1.53. The fourth-order valence-electron chi connectivity index (χ4n) is 1.69. The number of carbonyl (C=O) groups excluding carboxylic acids is 1. The Hall–Kier alpha value is -2.83. The predicted octanol–water partition coefficient (Wildman–Crippen LogP) is 1.14. The normalized spacial score (nSPS) is 10.1. The van der Waals surface area contributed by atoms with Crippen molar-refractivity contribution in [2.24, 2.45) is 5.73 Å². The highest BCUT2D eigenvalue weighted by molar-refractivity contribution is 5.96. The monoisotopic (exact) mass is 274 g/mol. The highest BCUT2D eigenvalue weighted by atomic mass is 16.5. The number of rotatable bonds is 6. The summed E-state index contributed by atoms with van der Waals surface area (Å²) in [5, 5.41) is 10.0. The molecule has 0 radical (unpaired) electrons. The molecule has 1 amide bonds. The quantitative estimate of drug-likeness (QED) is 0.769. The zero-order valence-corrected chi connectivity index (χ0v) is 10.9. The molecule has 0 aliphatic heterocycles. The van der Waals surface area contributed by atoms with Crippen molar-refractivity contribution in [3.63, 3.8) is 0 Å². The molecule has 2 rings (SSSR count). The van der Waals surface area contributed by atoms with E-state index in [9.17, 15) is 4.79 Å². The molecule has 0 fully saturated rings. The van der Waals surface area contributed by atoms with Gasteiger partial charge in [-0.15, -0.1) is 0 Å². The van der Waals surface area contributed by atoms with Crippen molar-refractivity contribution in [3.8, 4) is 22.8 Å². The minimum absolute atomic E-state index is 0.0758. The van der Waals surface area contributed by atoms with Crippen LogP contribution in [0.2, 0.25) is 0 Å². The Bertz CT molecular complexity index is 636. The number of ether oxygens (including phenoxy) is 2. The maximum absolute atomic E-state index is 11.3. The average Bonchev–Trinajstić information content (AvgIpc) is 2.94. The first kappa shape index (κ1) is 13.6. The Labute approximate surface area is 115 Å². The van der Waals surface area contributed by atoms with Crippen LogP contribution in [0.4, 0.5) is 0 Å². The maximum atomic E-state index is 11.3. The number of H-pyrrole nitrogens is 1. The third-order valence-corrected chi connectivity index (χ3v) is 2.58. The van der Waals surface area contributed by atoms with Crippen LogP contribution in [0.3, 0.4) is 0 Å². The van der Waals surface area contributed by atoms with E-state index < -0.39 is 5.91 Å². The molecule has 1 aromatic carbocycles. The van der Waals surface area contributed by atoms with Crippen molar-refractivity contribution in [1.82, 2.24) is 15.4 Å². The number of aromatic nitrogens is 3. The zero-order valence-electron chi connectivity index (χ0n) is 10.9. The van der Waals surface area contributed by atoms with E-state index in [1.54, 1.807) is 24.3 Å². The van der Waals surface area contributed by atoms with Gasteiger partial charge in [-0.25, -0.2) is 0 Å². The van der Waals surface area contributed by atoms with E-state index in [1.807, 2.05) is 0 Å². The first-order valence-corrected chi connectivity index (χ1v) is 5.80. The molecular formula is C13H14N4O3. The van der Waals surface area contributed by atoms with Gasteiger partial charge in [-0.2, -0.15) is 15.4 Å². The first-order valence-electron chi connectivity index (χ1n) is 5.80. The van der Waals surface area contributed by atoms with Gasteiger partial charge in [-0.3, -0.25) is 4.79 Å². The van der Waals surface area contributed by atoms with Crippen molar-refractivity contribution in [2.75, 3.05) is 13.7 Å². The standard InChI is InChI=1S/C13H14N4O3/c1-3-6-20-9-5-4-8(7-10(9)19-2)11-12(13(14)18)16-17-15-11/h3-5,7H,1,6H2,2H3,(H2,14,18)(H,15,16,17). The van der Waals surface area contributed by atoms with Crippen LogP contribution in [0.15, 0.2) is 30.9 Å². The van der Waals surface area contributed by atoms with Gasteiger partial charge in [0, 0.05) is 5.56 Å². The second kappa shape index (κ2) is 5.87. The maximum Gasteiger partial charge on any atom is 0.271 e. The minimum atomic E-state index is -0.653. The van der Waals surface area contributed by atoms with Gasteiger partial charge in [-0.05, 0) is 18.2 Å². The zero-order chi connectivity index (χ0) is 14.5. The largest absolute Gasteiger partial charge is 0.493 e. The Balaban J connectivity index is 2.40. The number of nitrogens with zero attached hydrogens (tertiary/aromatic N) is 2. The molecule has 0 saturated heterocycles. The van der Waals surface area contributed by atoms with E-state index in [2.05, 4.69) is 22.0 Å². The van der Waals surface area contributed by atoms with Gasteiger partial charge in [0.05, 0.1) is 7.11 Å². The van der Waals surface area contributed by atoms with E-state index in [-0.39, 0.29) is 5.69 Å². The fraction of sp³-hybridized carbons (Fsp3) is 0.154. The highest BCUT2D eigenvalue weighted by Gasteiger charge is 2.16. The number of aromatic amines is 1. The predicted molar refractivity (Wildman–Crippen MR) is 72.6 cm³/mol. The van der Waals surface area contributed by atoms with Gasteiger partial charge in [0.25, 0.3) is 5.91 Å². The molecule has 3 N–H and O–H groups in total. The summed E-state index contributed by atoms with van der Waals surface area (Å²) < 4.78 is 10.7. The van der Waals surface area contributed by atoms with Gasteiger partial charge in [0.15, 0.2) is 17.2 Å². The van der Waals surface area contributed by atoms with Crippen LogP contribution in [-0.2, 0) is 0 Å². The van der Waals surface area contributed by atoms with Gasteiger partial charge in [0.1, 0.15) is 12.3 Å². The van der Waals surface area contributed by atoms with Crippen LogP contribution in [0.5, 0.6) is 11.5 Å². The summed E-state index contributed by atoms with van der Waals surface area (Å²) in [6.07, 6.45) is 1.64. The summed E-state index contributed by atoms with van der Waals surface area (Å²) in [6, 6.07) is 5.16. The summed E-state index contributed by atoms with van der Waals surface area (Å²) in [5.74, 6) is 0.433. The number of methoxy groups -OCH3 is 1. The Kier molecular flexibility index (Phi) is 3.99. The topological polar surface area (TPSA) is 103 Å². The second-order valence-electron chi connectivity index (χ2n) is 3.85. The minimum Gasteiger partial charge on any atom is -0.493 e. The molecular weight excluding hydrogens is 260 g/mol. The molecule has 0 spiro atoms. The van der Waals surface area contributed by atoms with Crippen molar-refractivity contribution in [1.29, 1.82) is 0 Å². The van der Waals surface area contributed by atoms with Crippen LogP contribution in [0.1, 0.15) is 10.5 Å². The SMILES string of the molecule is C=CCOc1ccc(-c2n[nH]nc2C(N)=O)cc1OC. The third kappa shape index (κ3) is 2.61. The lowest BCUT2D eigenvalue weighted by Gasteiger charge is -2.10. The Morgan fingerprint density at radius 3 is 2.90 bits per heavy atom. The van der Waals surface area contributed by atoms with E-state index in [1.165, 1.54) is 7.11 Å². The molecule has 0 bridgehead atoms. The molecule has 0 aliphatic carbocycles. The van der Waals surface area contributed by atoms with E-state index in [0.29, 0.717) is 29.4 Å². The average molecular weight is 274 g/mol. The van der Waals surface area contributed by atoms with Crippen molar-refractivity contribution in [3.05, 3.63) is 36.5 Å². The fourth-order valence-corrected chi connectivity index (χ4v) is 1.69. The van der Waals surface area contributed by atoms with Crippen LogP contribution < -0.4 is 15.2 Å². The lowest BCUT2D eigenvalue weighted by Crippen LogP contribution is -2.12. The lowest BCUT2D eigenvalue weighted by atomic mass is 10.1. The first-order chi connectivity index (χ1) is 9.67. The smallest absolute Gasteiger partial charge is 0.271 e. The molecule has 1 aromatic heterocycles. The Morgan fingerprint density at radius 1 is 1.45 bits per heavy atom. The number of hydrogen-bond acceptors (Lipinski definition) is 5. The number of hydrogen-bond donors (Lipinski definition) is 2. The van der Waals surface area contributed by atoms with Crippen LogP contribution >= 0.6 is 0 Å². The Morgan fingerprint density at radius 2 is 2.25 bits per heavy atom. The van der Waals surface area contributed by atoms with Crippen molar-refractivity contribution >= 4 is 5.91 Å². The summed E-state index contributed by atoms with van der Waals surface area (Å²) in [4.78, 5) is 11.3. The number of carbonyl (C=O) groups is 1. The second-order valence-corrected chi connectivity index (χ2v) is 3.85. The van der Waals surface area contributed by atoms with Crippen molar-refractivity contribution in [2.45, 2.75) is 0 Å². The van der Waals surface area contributed by atoms with E-state index >= 15 is 0 Å². The van der Waals surface area contributed by atoms with Crippen LogP contribution in [0.25, 0.3) is 11.3 Å². The van der Waals surface area contributed by atoms with Gasteiger partial charge in [-0.1, -0.05) is 12.7 Å². The summed E-state index contributed by atoms with van der Waals surface area (Å²) >= 11 is 0. The van der Waals surface area contributed by atoms with Gasteiger partial charge >= 0.3 is 0 Å². The molecule has 7 nitrogen and oxygen atoms in total. The van der Waals surface area contributed by atoms with Crippen LogP contribution in [0, 0.1) is 0 Å². The van der Waals surface area contributed by atoms with E-state index in [4.69, 9.17) is 15.2 Å². The summed E-state index contributed by atoms with van der Waals surface area (Å²) in [5.41, 5.74) is 6.33. The number of primary amides is 1. The third-order valence-electron chi connectivity index (χ3n) is 2.58. The number of benzene rings is 1. The molecule has 20 heavy (non-hydrogen) atoms. The highest BCUT2D eigenvalue weighted by Crippen LogP contribution is 2.32. The molecule has 7 heteroatoms. The lowest BCUT2D eigenvalue weighted by molar-refractivity contribution is 0.0996. The molecule has 0 aliphatic rings. The van der Waals surface area contributed by atoms with Crippen molar-refractivity contribution < 1.29 is 14.3 Å². The molecule has 2 aromatic rings.